The number of aliphatic imine (C=N–C) groups is 1. The fourth-order valence-corrected chi connectivity index (χ4v) is 1.81. The number of para-hydroxylation sites is 1. The molecule has 0 amide bonds. The molecule has 0 aliphatic heterocycles. The van der Waals surface area contributed by atoms with Crippen molar-refractivity contribution >= 4 is 47.4 Å². The van der Waals surface area contributed by atoms with Crippen molar-refractivity contribution in [2.24, 2.45) is 16.5 Å². The zero-order valence-electron chi connectivity index (χ0n) is 10.4. The number of hydrogen-bond acceptors (Lipinski definition) is 4. The zero-order valence-corrected chi connectivity index (χ0v) is 12.8. The molecule has 7 heteroatoms. The third kappa shape index (κ3) is 5.35. The normalized spacial score (nSPS) is 10.3. The van der Waals surface area contributed by atoms with Gasteiger partial charge in [-0.2, -0.15) is 0 Å². The van der Waals surface area contributed by atoms with Gasteiger partial charge in [0.25, 0.3) is 0 Å². The van der Waals surface area contributed by atoms with E-state index in [1.54, 1.807) is 7.11 Å². The largest absolute Gasteiger partial charge is 0.494 e. The zero-order chi connectivity index (χ0) is 12.0. The number of hydrogen-bond donors (Lipinski definition) is 2. The number of nitrogens with two attached hydrogens (primary N) is 2. The highest BCUT2D eigenvalue weighted by Crippen LogP contribution is 2.31. The van der Waals surface area contributed by atoms with Crippen LogP contribution in [0.15, 0.2) is 23.2 Å². The van der Waals surface area contributed by atoms with Gasteiger partial charge in [-0.1, -0.05) is 30.8 Å². The smallest absolute Gasteiger partial charge is 0.159 e. The Balaban J connectivity index is 0. The molecule has 104 valence electrons. The Labute approximate surface area is 124 Å². The molecule has 0 bridgehead atoms. The van der Waals surface area contributed by atoms with Gasteiger partial charge in [0.05, 0.1) is 7.11 Å². The molecular weight excluding hydrogens is 293 g/mol. The third-order valence-electron chi connectivity index (χ3n) is 2.02. The topological polar surface area (TPSA) is 73.6 Å². The van der Waals surface area contributed by atoms with Crippen LogP contribution in [0, 0.1) is 0 Å². The molecule has 0 radical (unpaired) electrons. The van der Waals surface area contributed by atoms with Crippen LogP contribution in [-0.4, -0.2) is 18.0 Å². The maximum atomic E-state index is 5.76. The van der Waals surface area contributed by atoms with Crippen LogP contribution in [-0.2, 0) is 6.54 Å². The predicted octanol–water partition coefficient (Wildman–Crippen LogP) is 2.70. The monoisotopic (exact) mass is 311 g/mol. The summed E-state index contributed by atoms with van der Waals surface area (Å²) < 4.78 is 5.29. The molecule has 4 N–H and O–H groups in total. The van der Waals surface area contributed by atoms with E-state index in [4.69, 9.17) is 16.2 Å². The molecule has 18 heavy (non-hydrogen) atoms. The minimum Gasteiger partial charge on any atom is -0.494 e. The van der Waals surface area contributed by atoms with Crippen LogP contribution in [0.1, 0.15) is 12.5 Å². The number of ether oxygens (including phenoxy) is 1. The van der Waals surface area contributed by atoms with Gasteiger partial charge in [-0.15, -0.1) is 24.8 Å². The van der Waals surface area contributed by atoms with Gasteiger partial charge in [-0.25, -0.2) is 4.99 Å². The lowest BCUT2D eigenvalue weighted by Crippen LogP contribution is -2.06. The van der Waals surface area contributed by atoms with Crippen molar-refractivity contribution in [3.05, 3.63) is 23.8 Å². The van der Waals surface area contributed by atoms with Crippen molar-refractivity contribution in [3.8, 4) is 5.75 Å². The molecule has 4 nitrogen and oxygen atoms in total. The minimum atomic E-state index is 0. The Morgan fingerprint density at radius 2 is 2.06 bits per heavy atom. The van der Waals surface area contributed by atoms with Crippen LogP contribution in [0.25, 0.3) is 0 Å². The first-order chi connectivity index (χ1) is 7.72. The first-order valence-electron chi connectivity index (χ1n) is 5.05. The van der Waals surface area contributed by atoms with E-state index in [9.17, 15) is 0 Å². The molecular formula is C11H19Cl2N3OS. The van der Waals surface area contributed by atoms with E-state index in [0.29, 0.717) is 17.5 Å². The SMILES string of the molecule is CCSC(N)=Nc1cccc(CN)c1OC.Cl.Cl. The van der Waals surface area contributed by atoms with Crippen LogP contribution >= 0.6 is 36.6 Å². The van der Waals surface area contributed by atoms with Crippen molar-refractivity contribution in [1.29, 1.82) is 0 Å². The fourth-order valence-electron chi connectivity index (χ4n) is 1.35. The van der Waals surface area contributed by atoms with Gasteiger partial charge in [-0.05, 0) is 11.8 Å². The Morgan fingerprint density at radius 3 is 2.56 bits per heavy atom. The summed E-state index contributed by atoms with van der Waals surface area (Å²) >= 11 is 1.50. The van der Waals surface area contributed by atoms with Gasteiger partial charge in [0, 0.05) is 12.1 Å². The Bertz CT molecular complexity index is 389. The predicted molar refractivity (Wildman–Crippen MR) is 84.8 cm³/mol. The van der Waals surface area contributed by atoms with Gasteiger partial charge >= 0.3 is 0 Å². The fraction of sp³-hybridized carbons (Fsp3) is 0.364. The molecule has 0 heterocycles. The third-order valence-corrected chi connectivity index (χ3v) is 2.70. The van der Waals surface area contributed by atoms with Gasteiger partial charge in [0.15, 0.2) is 5.17 Å². The lowest BCUT2D eigenvalue weighted by atomic mass is 10.2. The second-order valence-corrected chi connectivity index (χ2v) is 4.34. The summed E-state index contributed by atoms with van der Waals surface area (Å²) in [5.41, 5.74) is 13.0. The summed E-state index contributed by atoms with van der Waals surface area (Å²) in [7, 11) is 1.61. The summed E-state index contributed by atoms with van der Waals surface area (Å²) in [4.78, 5) is 4.30. The molecule has 1 aromatic rings. The molecule has 0 saturated carbocycles. The molecule has 0 unspecified atom stereocenters. The van der Waals surface area contributed by atoms with E-state index in [0.717, 1.165) is 17.0 Å². The second kappa shape index (κ2) is 10.3. The minimum absolute atomic E-state index is 0. The lowest BCUT2D eigenvalue weighted by Gasteiger charge is -2.09. The Hall–Kier alpha value is -0.620. The number of benzene rings is 1. The molecule has 0 aliphatic rings. The average molecular weight is 312 g/mol. The van der Waals surface area contributed by atoms with Crippen LogP contribution in [0.2, 0.25) is 0 Å². The first-order valence-corrected chi connectivity index (χ1v) is 6.04. The number of rotatable bonds is 4. The number of amidine groups is 1. The molecule has 1 aromatic carbocycles. The van der Waals surface area contributed by atoms with Gasteiger partial charge in [0.1, 0.15) is 11.4 Å². The lowest BCUT2D eigenvalue weighted by molar-refractivity contribution is 0.411. The van der Waals surface area contributed by atoms with Crippen LogP contribution in [0.5, 0.6) is 5.75 Å². The maximum Gasteiger partial charge on any atom is 0.159 e. The average Bonchev–Trinajstić information content (AvgIpc) is 2.29. The van der Waals surface area contributed by atoms with Gasteiger partial charge in [0.2, 0.25) is 0 Å². The van der Waals surface area contributed by atoms with E-state index >= 15 is 0 Å². The molecule has 0 aliphatic carbocycles. The van der Waals surface area contributed by atoms with Crippen LogP contribution < -0.4 is 16.2 Å². The molecule has 0 spiro atoms. The van der Waals surface area contributed by atoms with E-state index in [2.05, 4.69) is 4.99 Å². The van der Waals surface area contributed by atoms with Crippen LogP contribution in [0.3, 0.4) is 0 Å². The van der Waals surface area contributed by atoms with Crippen molar-refractivity contribution < 1.29 is 4.74 Å². The number of thioether (sulfide) groups is 1. The number of nitrogens with zero attached hydrogens (tertiary/aromatic N) is 1. The van der Waals surface area contributed by atoms with Crippen LogP contribution in [0.4, 0.5) is 5.69 Å². The molecule has 0 aromatic heterocycles. The summed E-state index contributed by atoms with van der Waals surface area (Å²) in [5.74, 6) is 1.60. The van der Waals surface area contributed by atoms with Crippen molar-refractivity contribution in [2.75, 3.05) is 12.9 Å². The number of methoxy groups -OCH3 is 1. The highest BCUT2D eigenvalue weighted by molar-refractivity contribution is 8.13. The molecule has 0 fully saturated rings. The summed E-state index contributed by atoms with van der Waals surface area (Å²) in [6.07, 6.45) is 0. The van der Waals surface area contributed by atoms with E-state index in [1.165, 1.54) is 11.8 Å². The maximum absolute atomic E-state index is 5.76. The van der Waals surface area contributed by atoms with E-state index in [1.807, 2.05) is 25.1 Å². The van der Waals surface area contributed by atoms with Crippen molar-refractivity contribution in [3.63, 3.8) is 0 Å². The first kappa shape index (κ1) is 19.7. The highest BCUT2D eigenvalue weighted by Gasteiger charge is 2.07. The second-order valence-electron chi connectivity index (χ2n) is 3.06. The summed E-state index contributed by atoms with van der Waals surface area (Å²) in [5, 5.41) is 0.537. The van der Waals surface area contributed by atoms with Gasteiger partial charge < -0.3 is 16.2 Å². The number of halogens is 2. The standard InChI is InChI=1S/C11H17N3OS.2ClH/c1-3-16-11(13)14-9-6-4-5-8(7-12)10(9)15-2;;/h4-6H,3,7,12H2,1-2H3,(H2,13,14);2*1H. The van der Waals surface area contributed by atoms with Gasteiger partial charge in [-0.3, -0.25) is 0 Å². The summed E-state index contributed by atoms with van der Waals surface area (Å²) in [6.45, 7) is 2.45. The summed E-state index contributed by atoms with van der Waals surface area (Å²) in [6, 6.07) is 5.68. The Kier molecular flexibility index (Phi) is 11.3. The highest BCUT2D eigenvalue weighted by atomic mass is 35.5. The molecule has 1 rings (SSSR count). The quantitative estimate of drug-likeness (QED) is 0.662. The van der Waals surface area contributed by atoms with Crippen molar-refractivity contribution in [2.45, 2.75) is 13.5 Å². The van der Waals surface area contributed by atoms with E-state index in [-0.39, 0.29) is 24.8 Å². The van der Waals surface area contributed by atoms with E-state index < -0.39 is 0 Å². The Morgan fingerprint density at radius 1 is 1.39 bits per heavy atom. The molecule has 0 saturated heterocycles. The molecule has 0 atom stereocenters. The van der Waals surface area contributed by atoms with Crippen molar-refractivity contribution in [1.82, 2.24) is 0 Å².